The van der Waals surface area contributed by atoms with E-state index in [4.69, 9.17) is 4.74 Å². The first-order chi connectivity index (χ1) is 12.3. The SMILES string of the molecule is COc1ccc([C@H](Cc2ccccc2)[NH2+][C@H]2C[NH+]3CCC2CC3)cc1. The predicted octanol–water partition coefficient (Wildman–Crippen LogP) is 1.22. The van der Waals surface area contributed by atoms with Crippen LogP contribution in [0.25, 0.3) is 0 Å². The average molecular weight is 338 g/mol. The maximum absolute atomic E-state index is 5.34. The van der Waals surface area contributed by atoms with Gasteiger partial charge in [-0.15, -0.1) is 0 Å². The molecule has 3 heterocycles. The standard InChI is InChI=1S/C22H28N2O/c1-25-20-9-7-18(8-10-20)21(15-17-5-3-2-4-6-17)23-22-16-24-13-11-19(22)12-14-24/h2-10,19,21-23H,11-16H2,1H3/p+2/t21-,22-/m0/s1. The van der Waals surface area contributed by atoms with Crippen LogP contribution < -0.4 is 15.0 Å². The second-order valence-electron chi connectivity index (χ2n) is 7.72. The molecule has 0 radical (unpaired) electrons. The van der Waals surface area contributed by atoms with Gasteiger partial charge in [0.15, 0.2) is 0 Å². The summed E-state index contributed by atoms with van der Waals surface area (Å²) in [6.07, 6.45) is 3.92. The molecular weight excluding hydrogens is 308 g/mol. The molecule has 3 aliphatic rings. The molecule has 3 fully saturated rings. The summed E-state index contributed by atoms with van der Waals surface area (Å²) in [6, 6.07) is 20.9. The third-order valence-electron chi connectivity index (χ3n) is 6.19. The summed E-state index contributed by atoms with van der Waals surface area (Å²) in [5, 5.41) is 2.68. The minimum Gasteiger partial charge on any atom is -0.497 e. The number of nitrogens with two attached hydrogens (primary N) is 1. The number of methoxy groups -OCH3 is 1. The van der Waals surface area contributed by atoms with Crippen LogP contribution in [-0.4, -0.2) is 32.8 Å². The molecule has 3 nitrogen and oxygen atoms in total. The van der Waals surface area contributed by atoms with E-state index in [1.54, 1.807) is 7.11 Å². The Bertz CT molecular complexity index is 662. The molecule has 2 aromatic rings. The molecule has 3 N–H and O–H groups in total. The van der Waals surface area contributed by atoms with Crippen LogP contribution in [0, 0.1) is 5.92 Å². The number of hydrogen-bond donors (Lipinski definition) is 2. The number of rotatable bonds is 6. The van der Waals surface area contributed by atoms with Crippen molar-refractivity contribution in [2.75, 3.05) is 26.7 Å². The van der Waals surface area contributed by atoms with Gasteiger partial charge in [-0.2, -0.15) is 0 Å². The number of hydrogen-bond acceptors (Lipinski definition) is 1. The Hall–Kier alpha value is -1.84. The van der Waals surface area contributed by atoms with Crippen molar-refractivity contribution in [1.82, 2.24) is 0 Å². The first kappa shape index (κ1) is 16.6. The van der Waals surface area contributed by atoms with E-state index >= 15 is 0 Å². The molecule has 5 rings (SSSR count). The van der Waals surface area contributed by atoms with Crippen LogP contribution in [0.4, 0.5) is 0 Å². The zero-order chi connectivity index (χ0) is 17.1. The Kier molecular flexibility index (Phi) is 5.04. The topological polar surface area (TPSA) is 30.3 Å². The molecule has 0 saturated carbocycles. The number of nitrogens with one attached hydrogen (secondary N) is 1. The number of piperidine rings is 3. The van der Waals surface area contributed by atoms with E-state index in [2.05, 4.69) is 59.9 Å². The molecule has 2 atom stereocenters. The van der Waals surface area contributed by atoms with Crippen molar-refractivity contribution in [1.29, 1.82) is 0 Å². The minimum atomic E-state index is 0.484. The fourth-order valence-electron chi connectivity index (χ4n) is 4.72. The van der Waals surface area contributed by atoms with E-state index in [0.717, 1.165) is 24.1 Å². The fraction of sp³-hybridized carbons (Fsp3) is 0.455. The van der Waals surface area contributed by atoms with E-state index in [0.29, 0.717) is 6.04 Å². The van der Waals surface area contributed by atoms with Crippen LogP contribution >= 0.6 is 0 Å². The quantitative estimate of drug-likeness (QED) is 0.815. The van der Waals surface area contributed by atoms with Crippen LogP contribution in [0.15, 0.2) is 54.6 Å². The van der Waals surface area contributed by atoms with Gasteiger partial charge < -0.3 is 15.0 Å². The third-order valence-corrected chi connectivity index (χ3v) is 6.19. The first-order valence-electron chi connectivity index (χ1n) is 9.68. The highest BCUT2D eigenvalue weighted by Gasteiger charge is 2.41. The molecule has 0 aliphatic carbocycles. The number of fused-ring (bicyclic) bond motifs is 3. The van der Waals surface area contributed by atoms with Gasteiger partial charge in [-0.05, 0) is 29.8 Å². The molecule has 3 heteroatoms. The van der Waals surface area contributed by atoms with Gasteiger partial charge in [-0.25, -0.2) is 0 Å². The summed E-state index contributed by atoms with van der Waals surface area (Å²) in [5.74, 6) is 1.85. The van der Waals surface area contributed by atoms with Gasteiger partial charge in [0, 0.05) is 30.7 Å². The van der Waals surface area contributed by atoms with E-state index < -0.39 is 0 Å². The van der Waals surface area contributed by atoms with Crippen LogP contribution in [0.1, 0.15) is 30.0 Å². The normalized spacial score (nSPS) is 26.4. The number of ether oxygens (including phenoxy) is 1. The highest BCUT2D eigenvalue weighted by atomic mass is 16.5. The lowest BCUT2D eigenvalue weighted by molar-refractivity contribution is -0.945. The number of quaternary nitrogens is 2. The lowest BCUT2D eigenvalue weighted by Gasteiger charge is -2.41. The van der Waals surface area contributed by atoms with Gasteiger partial charge in [0.25, 0.3) is 0 Å². The van der Waals surface area contributed by atoms with Gasteiger partial charge in [0.05, 0.1) is 20.2 Å². The van der Waals surface area contributed by atoms with Gasteiger partial charge >= 0.3 is 0 Å². The molecule has 3 aliphatic heterocycles. The summed E-state index contributed by atoms with van der Waals surface area (Å²) >= 11 is 0. The van der Waals surface area contributed by atoms with Gasteiger partial charge in [0.1, 0.15) is 24.4 Å². The average Bonchev–Trinajstić information content (AvgIpc) is 2.69. The van der Waals surface area contributed by atoms with Crippen molar-refractivity contribution >= 4 is 0 Å². The Morgan fingerprint density at radius 3 is 2.36 bits per heavy atom. The van der Waals surface area contributed by atoms with E-state index in [9.17, 15) is 0 Å². The summed E-state index contributed by atoms with van der Waals surface area (Å²) in [5.41, 5.74) is 2.84. The molecule has 3 saturated heterocycles. The van der Waals surface area contributed by atoms with Crippen LogP contribution in [-0.2, 0) is 6.42 Å². The summed E-state index contributed by atoms with van der Waals surface area (Å²) in [6.45, 7) is 4.12. The molecule has 0 amide bonds. The lowest BCUT2D eigenvalue weighted by Crippen LogP contribution is -3.20. The number of benzene rings is 2. The first-order valence-corrected chi connectivity index (χ1v) is 9.68. The molecule has 2 aromatic carbocycles. The molecule has 2 bridgehead atoms. The zero-order valence-electron chi connectivity index (χ0n) is 15.2. The van der Waals surface area contributed by atoms with Crippen LogP contribution in [0.3, 0.4) is 0 Å². The van der Waals surface area contributed by atoms with Crippen molar-refractivity contribution in [2.24, 2.45) is 5.92 Å². The van der Waals surface area contributed by atoms with Gasteiger partial charge in [-0.1, -0.05) is 30.3 Å². The van der Waals surface area contributed by atoms with Crippen molar-refractivity contribution in [3.63, 3.8) is 0 Å². The van der Waals surface area contributed by atoms with Gasteiger partial charge in [-0.3, -0.25) is 0 Å². The Morgan fingerprint density at radius 2 is 1.76 bits per heavy atom. The molecule has 0 spiro atoms. The van der Waals surface area contributed by atoms with Crippen LogP contribution in [0.5, 0.6) is 5.75 Å². The Balaban J connectivity index is 1.54. The zero-order valence-corrected chi connectivity index (χ0v) is 15.2. The summed E-state index contributed by atoms with van der Waals surface area (Å²) < 4.78 is 5.34. The van der Waals surface area contributed by atoms with Crippen molar-refractivity contribution < 1.29 is 15.0 Å². The van der Waals surface area contributed by atoms with E-state index in [-0.39, 0.29) is 0 Å². The van der Waals surface area contributed by atoms with Crippen LogP contribution in [0.2, 0.25) is 0 Å². The van der Waals surface area contributed by atoms with Gasteiger partial charge in [0.2, 0.25) is 0 Å². The Morgan fingerprint density at radius 1 is 1.04 bits per heavy atom. The molecule has 25 heavy (non-hydrogen) atoms. The summed E-state index contributed by atoms with van der Waals surface area (Å²) in [7, 11) is 1.73. The fourth-order valence-corrected chi connectivity index (χ4v) is 4.72. The minimum absolute atomic E-state index is 0.484. The largest absolute Gasteiger partial charge is 0.497 e. The summed E-state index contributed by atoms with van der Waals surface area (Å²) in [4.78, 5) is 1.82. The molecular formula is C22H30N2O+2. The monoisotopic (exact) mass is 338 g/mol. The molecule has 0 aromatic heterocycles. The Labute approximate surface area is 151 Å². The lowest BCUT2D eigenvalue weighted by atomic mass is 9.83. The van der Waals surface area contributed by atoms with E-state index in [1.165, 1.54) is 43.6 Å². The highest BCUT2D eigenvalue weighted by molar-refractivity contribution is 5.29. The maximum atomic E-state index is 5.34. The highest BCUT2D eigenvalue weighted by Crippen LogP contribution is 2.21. The third kappa shape index (κ3) is 3.88. The predicted molar refractivity (Wildman–Crippen MR) is 99.9 cm³/mol. The maximum Gasteiger partial charge on any atom is 0.139 e. The molecule has 132 valence electrons. The van der Waals surface area contributed by atoms with Crippen molar-refractivity contribution in [3.05, 3.63) is 65.7 Å². The molecule has 0 unspecified atom stereocenters. The van der Waals surface area contributed by atoms with E-state index in [1.807, 2.05) is 4.90 Å². The van der Waals surface area contributed by atoms with Crippen molar-refractivity contribution in [3.8, 4) is 5.75 Å². The second-order valence-corrected chi connectivity index (χ2v) is 7.72. The van der Waals surface area contributed by atoms with Crippen molar-refractivity contribution in [2.45, 2.75) is 31.3 Å². The second kappa shape index (κ2) is 7.59. The smallest absolute Gasteiger partial charge is 0.139 e.